The summed E-state index contributed by atoms with van der Waals surface area (Å²) in [7, 11) is 1.61. The summed E-state index contributed by atoms with van der Waals surface area (Å²) in [6, 6.07) is 5.28. The van der Waals surface area contributed by atoms with Crippen molar-refractivity contribution in [2.24, 2.45) is 0 Å². The number of methoxy groups -OCH3 is 1. The van der Waals surface area contributed by atoms with Gasteiger partial charge in [-0.05, 0) is 43.9 Å². The summed E-state index contributed by atoms with van der Waals surface area (Å²) in [5, 5.41) is 4.79. The van der Waals surface area contributed by atoms with E-state index in [-0.39, 0.29) is 12.0 Å². The lowest BCUT2D eigenvalue weighted by Gasteiger charge is -2.16. The highest BCUT2D eigenvalue weighted by Crippen LogP contribution is 2.32. The quantitative estimate of drug-likeness (QED) is 0.881. The normalized spacial score (nSPS) is 14.7. The molecular formula is C17H20N2O3S. The molecule has 1 fully saturated rings. The van der Waals surface area contributed by atoms with Crippen molar-refractivity contribution in [3.8, 4) is 11.5 Å². The predicted molar refractivity (Wildman–Crippen MR) is 89.2 cm³/mol. The molecule has 0 bridgehead atoms. The molecular weight excluding hydrogens is 312 g/mol. The van der Waals surface area contributed by atoms with E-state index in [0.29, 0.717) is 23.6 Å². The summed E-state index contributed by atoms with van der Waals surface area (Å²) in [6.07, 6.45) is 4.73. The lowest BCUT2D eigenvalue weighted by atomic mass is 10.2. The number of ether oxygens (including phenoxy) is 2. The first-order chi connectivity index (χ1) is 11.3. The van der Waals surface area contributed by atoms with Gasteiger partial charge in [0.2, 0.25) is 0 Å². The van der Waals surface area contributed by atoms with E-state index in [2.05, 4.69) is 10.3 Å². The first kappa shape index (κ1) is 15.8. The fourth-order valence-electron chi connectivity index (χ4n) is 2.69. The van der Waals surface area contributed by atoms with Crippen molar-refractivity contribution in [1.29, 1.82) is 0 Å². The van der Waals surface area contributed by atoms with Crippen LogP contribution >= 0.6 is 11.3 Å². The topological polar surface area (TPSA) is 60.5 Å². The number of thiazole rings is 1. The monoisotopic (exact) mass is 332 g/mol. The van der Waals surface area contributed by atoms with Crippen LogP contribution in [0.25, 0.3) is 0 Å². The standard InChI is InChI=1S/C17H20N2O3S/c1-21-15-7-6-12(8-16(15)22-14-4-2-3-5-14)17(20)18-9-13-10-23-11-19-13/h6-8,10-11,14H,2-5,9H2,1H3,(H,18,20). The van der Waals surface area contributed by atoms with Crippen LogP contribution in [0.2, 0.25) is 0 Å². The summed E-state index contributed by atoms with van der Waals surface area (Å²) in [4.78, 5) is 16.5. The minimum absolute atomic E-state index is 0.142. The van der Waals surface area contributed by atoms with Crippen molar-refractivity contribution in [2.75, 3.05) is 7.11 Å². The number of benzene rings is 1. The Labute approximate surface area is 139 Å². The molecule has 1 N–H and O–H groups in total. The van der Waals surface area contributed by atoms with Gasteiger partial charge >= 0.3 is 0 Å². The molecule has 1 amide bonds. The molecule has 1 aliphatic rings. The highest BCUT2D eigenvalue weighted by molar-refractivity contribution is 7.07. The van der Waals surface area contributed by atoms with Gasteiger partial charge in [-0.3, -0.25) is 4.79 Å². The van der Waals surface area contributed by atoms with Gasteiger partial charge in [-0.25, -0.2) is 4.98 Å². The number of amides is 1. The molecule has 23 heavy (non-hydrogen) atoms. The van der Waals surface area contributed by atoms with Crippen LogP contribution in [0.4, 0.5) is 0 Å². The molecule has 2 aromatic rings. The van der Waals surface area contributed by atoms with Crippen LogP contribution in [0.5, 0.6) is 11.5 Å². The molecule has 1 aromatic heterocycles. The van der Waals surface area contributed by atoms with Crippen LogP contribution in [0.3, 0.4) is 0 Å². The van der Waals surface area contributed by atoms with E-state index >= 15 is 0 Å². The maximum absolute atomic E-state index is 12.3. The number of hydrogen-bond donors (Lipinski definition) is 1. The zero-order valence-electron chi connectivity index (χ0n) is 13.1. The number of hydrogen-bond acceptors (Lipinski definition) is 5. The summed E-state index contributed by atoms with van der Waals surface area (Å²) in [5.41, 5.74) is 3.18. The summed E-state index contributed by atoms with van der Waals surface area (Å²) < 4.78 is 11.4. The Hall–Kier alpha value is -2.08. The molecule has 0 saturated heterocycles. The van der Waals surface area contributed by atoms with E-state index < -0.39 is 0 Å². The summed E-state index contributed by atoms with van der Waals surface area (Å²) in [5.74, 6) is 1.16. The van der Waals surface area contributed by atoms with Gasteiger partial charge in [0, 0.05) is 10.9 Å². The molecule has 0 atom stereocenters. The highest BCUT2D eigenvalue weighted by Gasteiger charge is 2.19. The van der Waals surface area contributed by atoms with E-state index in [4.69, 9.17) is 9.47 Å². The number of aromatic nitrogens is 1. The molecule has 0 spiro atoms. The first-order valence-corrected chi connectivity index (χ1v) is 8.70. The Morgan fingerprint density at radius 3 is 2.87 bits per heavy atom. The third-order valence-electron chi connectivity index (χ3n) is 3.94. The second-order valence-corrected chi connectivity index (χ2v) is 6.27. The van der Waals surface area contributed by atoms with Crippen LogP contribution in [0.15, 0.2) is 29.1 Å². The Morgan fingerprint density at radius 1 is 1.35 bits per heavy atom. The predicted octanol–water partition coefficient (Wildman–Crippen LogP) is 3.40. The van der Waals surface area contributed by atoms with Crippen molar-refractivity contribution in [1.82, 2.24) is 10.3 Å². The third-order valence-corrected chi connectivity index (χ3v) is 4.57. The average Bonchev–Trinajstić information content (AvgIpc) is 3.26. The number of nitrogens with zero attached hydrogens (tertiary/aromatic N) is 1. The molecule has 0 unspecified atom stereocenters. The van der Waals surface area contributed by atoms with Gasteiger partial charge in [-0.15, -0.1) is 11.3 Å². The average molecular weight is 332 g/mol. The van der Waals surface area contributed by atoms with Gasteiger partial charge in [0.25, 0.3) is 5.91 Å². The molecule has 1 aliphatic carbocycles. The second-order valence-electron chi connectivity index (χ2n) is 5.55. The minimum atomic E-state index is -0.142. The third kappa shape index (κ3) is 4.01. The van der Waals surface area contributed by atoms with Crippen LogP contribution < -0.4 is 14.8 Å². The van der Waals surface area contributed by atoms with Gasteiger partial charge in [-0.2, -0.15) is 0 Å². The van der Waals surface area contributed by atoms with E-state index in [9.17, 15) is 4.79 Å². The van der Waals surface area contributed by atoms with E-state index in [1.165, 1.54) is 24.2 Å². The Morgan fingerprint density at radius 2 is 2.17 bits per heavy atom. The first-order valence-electron chi connectivity index (χ1n) is 7.76. The van der Waals surface area contributed by atoms with Crippen LogP contribution in [-0.2, 0) is 6.54 Å². The van der Waals surface area contributed by atoms with Crippen LogP contribution in [-0.4, -0.2) is 24.1 Å². The zero-order chi connectivity index (χ0) is 16.1. The molecule has 122 valence electrons. The number of nitrogens with one attached hydrogen (secondary N) is 1. The molecule has 1 heterocycles. The zero-order valence-corrected chi connectivity index (χ0v) is 13.9. The lowest BCUT2D eigenvalue weighted by molar-refractivity contribution is 0.0949. The SMILES string of the molecule is COc1ccc(C(=O)NCc2cscn2)cc1OC1CCCC1. The molecule has 0 aliphatic heterocycles. The minimum Gasteiger partial charge on any atom is -0.493 e. The van der Waals surface area contributed by atoms with Gasteiger partial charge in [0.1, 0.15) is 0 Å². The van der Waals surface area contributed by atoms with E-state index in [0.717, 1.165) is 18.5 Å². The van der Waals surface area contributed by atoms with Crippen molar-refractivity contribution >= 4 is 17.2 Å². The Kier molecular flexibility index (Phi) is 5.12. The van der Waals surface area contributed by atoms with Gasteiger partial charge < -0.3 is 14.8 Å². The largest absolute Gasteiger partial charge is 0.493 e. The maximum Gasteiger partial charge on any atom is 0.251 e. The fourth-order valence-corrected chi connectivity index (χ4v) is 3.25. The van der Waals surface area contributed by atoms with Gasteiger partial charge in [-0.1, -0.05) is 0 Å². The van der Waals surface area contributed by atoms with E-state index in [1.807, 2.05) is 5.38 Å². The van der Waals surface area contributed by atoms with Gasteiger partial charge in [0.05, 0.1) is 31.0 Å². The number of carbonyl (C=O) groups excluding carboxylic acids is 1. The van der Waals surface area contributed by atoms with Crippen molar-refractivity contribution in [2.45, 2.75) is 38.3 Å². The number of carbonyl (C=O) groups is 1. The molecule has 5 nitrogen and oxygen atoms in total. The van der Waals surface area contributed by atoms with E-state index in [1.54, 1.807) is 30.8 Å². The number of rotatable bonds is 6. The molecule has 0 radical (unpaired) electrons. The van der Waals surface area contributed by atoms with Crippen molar-refractivity contribution in [3.63, 3.8) is 0 Å². The van der Waals surface area contributed by atoms with Crippen LogP contribution in [0, 0.1) is 0 Å². The van der Waals surface area contributed by atoms with Crippen molar-refractivity contribution < 1.29 is 14.3 Å². The fraction of sp³-hybridized carbons (Fsp3) is 0.412. The smallest absolute Gasteiger partial charge is 0.251 e. The Bertz CT molecular complexity index is 652. The second kappa shape index (κ2) is 7.46. The van der Waals surface area contributed by atoms with Crippen LogP contribution in [0.1, 0.15) is 41.7 Å². The lowest BCUT2D eigenvalue weighted by Crippen LogP contribution is -2.23. The van der Waals surface area contributed by atoms with Crippen molar-refractivity contribution in [3.05, 3.63) is 40.3 Å². The summed E-state index contributed by atoms with van der Waals surface area (Å²) in [6.45, 7) is 0.424. The molecule has 6 heteroatoms. The van der Waals surface area contributed by atoms with Gasteiger partial charge in [0.15, 0.2) is 11.5 Å². The highest BCUT2D eigenvalue weighted by atomic mass is 32.1. The molecule has 3 rings (SSSR count). The summed E-state index contributed by atoms with van der Waals surface area (Å²) >= 11 is 1.51. The molecule has 1 saturated carbocycles. The maximum atomic E-state index is 12.3. The molecule has 1 aromatic carbocycles. The Balaban J connectivity index is 1.69.